The highest BCUT2D eigenvalue weighted by Crippen LogP contribution is 2.54. The summed E-state index contributed by atoms with van der Waals surface area (Å²) in [4.78, 5) is 15.0. The van der Waals surface area contributed by atoms with Gasteiger partial charge in [-0.3, -0.25) is 14.4 Å². The van der Waals surface area contributed by atoms with Gasteiger partial charge in [0, 0.05) is 56.0 Å². The van der Waals surface area contributed by atoms with Crippen molar-refractivity contribution in [2.24, 2.45) is 11.8 Å². The Morgan fingerprint density at radius 2 is 2.28 bits per heavy atom. The van der Waals surface area contributed by atoms with Crippen LogP contribution in [-0.2, 0) is 22.5 Å². The SMILES string of the molecule is Cc1noc(C)c1CC(=O)NC[C@H]1[C@H]2CN(CCn3cccn3)C[C@]23CC[C@H]1O3. The molecule has 8 heteroatoms. The Bertz CT molecular complexity index is 860. The second-order valence-corrected chi connectivity index (χ2v) is 8.82. The van der Waals surface area contributed by atoms with Gasteiger partial charge in [-0.25, -0.2) is 0 Å². The van der Waals surface area contributed by atoms with Gasteiger partial charge in [-0.05, 0) is 32.8 Å². The molecule has 8 nitrogen and oxygen atoms in total. The smallest absolute Gasteiger partial charge is 0.224 e. The number of likely N-dealkylation sites (tertiary alicyclic amines) is 1. The predicted molar refractivity (Wildman–Crippen MR) is 105 cm³/mol. The van der Waals surface area contributed by atoms with E-state index < -0.39 is 0 Å². The van der Waals surface area contributed by atoms with E-state index in [2.05, 4.69) is 20.5 Å². The molecule has 4 atom stereocenters. The van der Waals surface area contributed by atoms with E-state index in [4.69, 9.17) is 9.26 Å². The fourth-order valence-electron chi connectivity index (χ4n) is 5.62. The van der Waals surface area contributed by atoms with Crippen molar-refractivity contribution in [3.8, 4) is 0 Å². The maximum atomic E-state index is 12.5. The second kappa shape index (κ2) is 7.25. The topological polar surface area (TPSA) is 85.4 Å². The Kier molecular flexibility index (Phi) is 4.70. The number of aromatic nitrogens is 3. The molecule has 156 valence electrons. The Balaban J connectivity index is 1.18. The van der Waals surface area contributed by atoms with Gasteiger partial charge in [-0.1, -0.05) is 5.16 Å². The van der Waals surface area contributed by atoms with Crippen LogP contribution in [0.1, 0.15) is 29.9 Å². The van der Waals surface area contributed by atoms with Gasteiger partial charge in [0.05, 0.1) is 30.4 Å². The maximum Gasteiger partial charge on any atom is 0.224 e. The molecule has 3 aliphatic heterocycles. The van der Waals surface area contributed by atoms with Crippen LogP contribution in [0.25, 0.3) is 0 Å². The number of fused-ring (bicyclic) bond motifs is 1. The summed E-state index contributed by atoms with van der Waals surface area (Å²) in [7, 11) is 0. The van der Waals surface area contributed by atoms with Crippen molar-refractivity contribution >= 4 is 5.91 Å². The molecular formula is C21H29N5O3. The van der Waals surface area contributed by atoms with E-state index in [-0.39, 0.29) is 17.6 Å². The van der Waals surface area contributed by atoms with Crippen LogP contribution < -0.4 is 5.32 Å². The number of rotatable bonds is 7. The van der Waals surface area contributed by atoms with Crippen molar-refractivity contribution in [3.05, 3.63) is 35.5 Å². The van der Waals surface area contributed by atoms with Gasteiger partial charge >= 0.3 is 0 Å². The molecule has 2 aromatic rings. The van der Waals surface area contributed by atoms with Crippen LogP contribution in [0.15, 0.2) is 23.0 Å². The molecule has 1 N–H and O–H groups in total. The van der Waals surface area contributed by atoms with Crippen molar-refractivity contribution in [2.45, 2.75) is 51.4 Å². The molecule has 0 unspecified atom stereocenters. The molecule has 0 aliphatic carbocycles. The van der Waals surface area contributed by atoms with Gasteiger partial charge in [0.2, 0.25) is 5.91 Å². The van der Waals surface area contributed by atoms with Crippen LogP contribution in [0.5, 0.6) is 0 Å². The van der Waals surface area contributed by atoms with Crippen molar-refractivity contribution in [2.75, 3.05) is 26.2 Å². The average molecular weight is 399 g/mol. The monoisotopic (exact) mass is 399 g/mol. The zero-order valence-corrected chi connectivity index (χ0v) is 17.1. The summed E-state index contributed by atoms with van der Waals surface area (Å²) in [6.45, 7) is 8.35. The molecule has 5 heterocycles. The highest BCUT2D eigenvalue weighted by molar-refractivity contribution is 5.79. The second-order valence-electron chi connectivity index (χ2n) is 8.82. The molecule has 0 saturated carbocycles. The minimum absolute atomic E-state index is 0.00810. The lowest BCUT2D eigenvalue weighted by Crippen LogP contribution is -2.42. The Labute approximate surface area is 170 Å². The first-order valence-electron chi connectivity index (χ1n) is 10.6. The van der Waals surface area contributed by atoms with Crippen LogP contribution in [0.2, 0.25) is 0 Å². The normalized spacial score (nSPS) is 30.8. The third kappa shape index (κ3) is 3.38. The predicted octanol–water partition coefficient (Wildman–Crippen LogP) is 1.33. The summed E-state index contributed by atoms with van der Waals surface area (Å²) in [5.41, 5.74) is 1.68. The van der Waals surface area contributed by atoms with Gasteiger partial charge in [0.25, 0.3) is 0 Å². The molecule has 3 fully saturated rings. The Morgan fingerprint density at radius 3 is 3.03 bits per heavy atom. The number of hydrogen-bond donors (Lipinski definition) is 1. The first kappa shape index (κ1) is 18.8. The first-order valence-corrected chi connectivity index (χ1v) is 10.6. The van der Waals surface area contributed by atoms with Crippen LogP contribution in [0, 0.1) is 25.7 Å². The van der Waals surface area contributed by atoms with Gasteiger partial charge in [-0.2, -0.15) is 5.10 Å². The third-order valence-corrected chi connectivity index (χ3v) is 7.11. The van der Waals surface area contributed by atoms with Gasteiger partial charge in [-0.15, -0.1) is 0 Å². The van der Waals surface area contributed by atoms with E-state index in [0.717, 1.165) is 56.0 Å². The van der Waals surface area contributed by atoms with E-state index in [0.29, 0.717) is 24.8 Å². The molecule has 5 rings (SSSR count). The fourth-order valence-corrected chi connectivity index (χ4v) is 5.62. The van der Waals surface area contributed by atoms with Crippen LogP contribution in [-0.4, -0.2) is 63.6 Å². The number of nitrogens with zero attached hydrogens (tertiary/aromatic N) is 4. The number of carbonyl (C=O) groups is 1. The lowest BCUT2D eigenvalue weighted by molar-refractivity contribution is -0.120. The zero-order chi connectivity index (χ0) is 20.0. The lowest BCUT2D eigenvalue weighted by atomic mass is 9.73. The Hall–Kier alpha value is -2.19. The lowest BCUT2D eigenvalue weighted by Gasteiger charge is -2.29. The summed E-state index contributed by atoms with van der Waals surface area (Å²) in [6, 6.07) is 1.96. The molecule has 3 saturated heterocycles. The van der Waals surface area contributed by atoms with Crippen molar-refractivity contribution in [1.29, 1.82) is 0 Å². The van der Waals surface area contributed by atoms with E-state index in [1.807, 2.05) is 37.0 Å². The van der Waals surface area contributed by atoms with E-state index in [9.17, 15) is 4.79 Å². The zero-order valence-electron chi connectivity index (χ0n) is 17.1. The first-order chi connectivity index (χ1) is 14.0. The van der Waals surface area contributed by atoms with E-state index >= 15 is 0 Å². The number of carbonyl (C=O) groups excluding carboxylic acids is 1. The molecule has 1 amide bonds. The fraction of sp³-hybridized carbons (Fsp3) is 0.667. The molecule has 29 heavy (non-hydrogen) atoms. The van der Waals surface area contributed by atoms with Crippen molar-refractivity contribution in [3.63, 3.8) is 0 Å². The number of hydrogen-bond acceptors (Lipinski definition) is 6. The van der Waals surface area contributed by atoms with Crippen LogP contribution in [0.4, 0.5) is 0 Å². The highest BCUT2D eigenvalue weighted by atomic mass is 16.5. The molecule has 2 aromatic heterocycles. The molecule has 0 aromatic carbocycles. The maximum absolute atomic E-state index is 12.5. The van der Waals surface area contributed by atoms with Crippen LogP contribution >= 0.6 is 0 Å². The van der Waals surface area contributed by atoms with E-state index in [1.54, 1.807) is 0 Å². The average Bonchev–Trinajstić information content (AvgIpc) is 3.50. The summed E-state index contributed by atoms with van der Waals surface area (Å²) in [5.74, 6) is 1.65. The number of amides is 1. The third-order valence-electron chi connectivity index (χ3n) is 7.11. The summed E-state index contributed by atoms with van der Waals surface area (Å²) in [6.07, 6.45) is 6.69. The minimum Gasteiger partial charge on any atom is -0.370 e. The van der Waals surface area contributed by atoms with Crippen LogP contribution in [0.3, 0.4) is 0 Å². The number of nitrogens with one attached hydrogen (secondary N) is 1. The molecule has 0 radical (unpaired) electrons. The molecular weight excluding hydrogens is 370 g/mol. The van der Waals surface area contributed by atoms with Gasteiger partial charge in [0.1, 0.15) is 5.76 Å². The van der Waals surface area contributed by atoms with Crippen molar-refractivity contribution in [1.82, 2.24) is 25.2 Å². The number of ether oxygens (including phenoxy) is 1. The van der Waals surface area contributed by atoms with Crippen molar-refractivity contribution < 1.29 is 14.1 Å². The van der Waals surface area contributed by atoms with Gasteiger partial charge < -0.3 is 14.6 Å². The number of aryl methyl sites for hydroxylation is 2. The quantitative estimate of drug-likeness (QED) is 0.756. The Morgan fingerprint density at radius 1 is 1.38 bits per heavy atom. The summed E-state index contributed by atoms with van der Waals surface area (Å²) >= 11 is 0. The largest absolute Gasteiger partial charge is 0.370 e. The highest BCUT2D eigenvalue weighted by Gasteiger charge is 2.62. The summed E-state index contributed by atoms with van der Waals surface area (Å²) < 4.78 is 13.7. The molecule has 3 aliphatic rings. The standard InChI is InChI=1S/C21H29N5O3/c1-14-16(15(2)29-24-14)10-20(27)22-11-17-18-12-25(8-9-26-7-3-6-23-26)13-21(18)5-4-19(17)28-21/h3,6-7,17-19H,4-5,8-13H2,1-2H3,(H,22,27)/t17-,18+,19+,21+/m0/s1. The molecule has 2 bridgehead atoms. The molecule has 1 spiro atoms. The minimum atomic E-state index is -0.00810. The van der Waals surface area contributed by atoms with E-state index in [1.165, 1.54) is 0 Å². The van der Waals surface area contributed by atoms with Gasteiger partial charge in [0.15, 0.2) is 0 Å². The summed E-state index contributed by atoms with van der Waals surface area (Å²) in [5, 5.41) is 11.4.